The van der Waals surface area contributed by atoms with E-state index in [1.54, 1.807) is 6.07 Å². The van der Waals surface area contributed by atoms with Crippen LogP contribution in [0.15, 0.2) is 121 Å². The van der Waals surface area contributed by atoms with Gasteiger partial charge in [-0.3, -0.25) is 0 Å². The standard InChI is InChI=1S/C31H21N3O/c35-27-20-19-21-9-7-8-14-26(21)28(27)22-15-17-25(18-16-22)31-33-29(23-10-3-1-4-11-23)32-30(34-31)24-12-5-2-6-13-24/h1-20,35H. The Kier molecular flexibility index (Phi) is 5.24. The zero-order valence-corrected chi connectivity index (χ0v) is 18.8. The Hall–Kier alpha value is -4.83. The number of benzene rings is 5. The van der Waals surface area contributed by atoms with Crippen molar-refractivity contribution in [1.82, 2.24) is 15.0 Å². The van der Waals surface area contributed by atoms with Crippen LogP contribution in [0.3, 0.4) is 0 Å². The van der Waals surface area contributed by atoms with Crippen molar-refractivity contribution in [2.45, 2.75) is 0 Å². The topological polar surface area (TPSA) is 58.9 Å². The molecule has 0 aliphatic heterocycles. The minimum Gasteiger partial charge on any atom is -0.507 e. The first kappa shape index (κ1) is 20.8. The second-order valence-corrected chi connectivity index (χ2v) is 8.30. The van der Waals surface area contributed by atoms with Gasteiger partial charge in [-0.05, 0) is 22.4 Å². The summed E-state index contributed by atoms with van der Waals surface area (Å²) in [5, 5.41) is 12.7. The van der Waals surface area contributed by atoms with E-state index in [4.69, 9.17) is 15.0 Å². The molecular weight excluding hydrogens is 430 g/mol. The van der Waals surface area contributed by atoms with Gasteiger partial charge in [-0.15, -0.1) is 0 Å². The van der Waals surface area contributed by atoms with Gasteiger partial charge in [-0.1, -0.05) is 115 Å². The molecule has 0 aliphatic carbocycles. The fourth-order valence-corrected chi connectivity index (χ4v) is 4.29. The van der Waals surface area contributed by atoms with E-state index in [9.17, 15) is 5.11 Å². The third kappa shape index (κ3) is 4.02. The number of aromatic hydroxyl groups is 1. The molecule has 0 fully saturated rings. The van der Waals surface area contributed by atoms with Crippen LogP contribution in [0.5, 0.6) is 5.75 Å². The molecule has 4 nitrogen and oxygen atoms in total. The molecule has 6 aromatic rings. The second-order valence-electron chi connectivity index (χ2n) is 8.30. The average molecular weight is 452 g/mol. The van der Waals surface area contributed by atoms with Crippen molar-refractivity contribution in [1.29, 1.82) is 0 Å². The predicted octanol–water partition coefficient (Wildman–Crippen LogP) is 7.40. The van der Waals surface area contributed by atoms with Crippen molar-refractivity contribution >= 4 is 10.8 Å². The SMILES string of the molecule is Oc1ccc2ccccc2c1-c1ccc(-c2nc(-c3ccccc3)nc(-c3ccccc3)n2)cc1. The molecular formula is C31H21N3O. The first-order valence-electron chi connectivity index (χ1n) is 11.4. The fraction of sp³-hybridized carbons (Fsp3) is 0. The summed E-state index contributed by atoms with van der Waals surface area (Å²) in [7, 11) is 0. The highest BCUT2D eigenvalue weighted by Gasteiger charge is 2.13. The van der Waals surface area contributed by atoms with Crippen LogP contribution in [-0.4, -0.2) is 20.1 Å². The van der Waals surface area contributed by atoms with Crippen molar-refractivity contribution in [3.63, 3.8) is 0 Å². The normalized spacial score (nSPS) is 11.0. The number of fused-ring (bicyclic) bond motifs is 1. The van der Waals surface area contributed by atoms with Gasteiger partial charge in [-0.2, -0.15) is 0 Å². The number of phenolic OH excluding ortho intramolecular Hbond substituents is 1. The molecule has 4 heteroatoms. The van der Waals surface area contributed by atoms with Gasteiger partial charge in [-0.25, -0.2) is 15.0 Å². The monoisotopic (exact) mass is 451 g/mol. The summed E-state index contributed by atoms with van der Waals surface area (Å²) in [6, 6.07) is 39.6. The van der Waals surface area contributed by atoms with E-state index in [-0.39, 0.29) is 5.75 Å². The van der Waals surface area contributed by atoms with Crippen molar-refractivity contribution in [3.05, 3.63) is 121 Å². The quantitative estimate of drug-likeness (QED) is 0.303. The summed E-state index contributed by atoms with van der Waals surface area (Å²) in [6.07, 6.45) is 0. The van der Waals surface area contributed by atoms with Gasteiger partial charge in [0, 0.05) is 22.3 Å². The number of nitrogens with zero attached hydrogens (tertiary/aromatic N) is 3. The lowest BCUT2D eigenvalue weighted by Gasteiger charge is -2.11. The molecule has 1 aromatic heterocycles. The van der Waals surface area contributed by atoms with E-state index < -0.39 is 0 Å². The lowest BCUT2D eigenvalue weighted by Crippen LogP contribution is -2.00. The Morgan fingerprint density at radius 1 is 0.400 bits per heavy atom. The Labute approximate surface area is 203 Å². The van der Waals surface area contributed by atoms with E-state index >= 15 is 0 Å². The number of rotatable bonds is 4. The summed E-state index contributed by atoms with van der Waals surface area (Å²) in [4.78, 5) is 14.4. The van der Waals surface area contributed by atoms with Gasteiger partial charge >= 0.3 is 0 Å². The molecule has 1 heterocycles. The third-order valence-corrected chi connectivity index (χ3v) is 6.04. The maximum atomic E-state index is 10.6. The summed E-state index contributed by atoms with van der Waals surface area (Å²) < 4.78 is 0. The van der Waals surface area contributed by atoms with E-state index in [1.165, 1.54) is 0 Å². The molecule has 5 aromatic carbocycles. The Bertz CT molecular complexity index is 1570. The van der Waals surface area contributed by atoms with Crippen LogP contribution in [-0.2, 0) is 0 Å². The molecule has 6 rings (SSSR count). The van der Waals surface area contributed by atoms with Crippen molar-refractivity contribution in [2.24, 2.45) is 0 Å². The van der Waals surface area contributed by atoms with Gasteiger partial charge in [0.05, 0.1) is 0 Å². The highest BCUT2D eigenvalue weighted by Crippen LogP contribution is 2.37. The van der Waals surface area contributed by atoms with Gasteiger partial charge in [0.15, 0.2) is 17.5 Å². The van der Waals surface area contributed by atoms with E-state index in [1.807, 2.05) is 115 Å². The number of hydrogen-bond acceptors (Lipinski definition) is 4. The molecule has 0 saturated heterocycles. The van der Waals surface area contributed by atoms with Crippen molar-refractivity contribution in [3.8, 4) is 51.0 Å². The summed E-state index contributed by atoms with van der Waals surface area (Å²) in [5.41, 5.74) is 4.51. The van der Waals surface area contributed by atoms with E-state index in [2.05, 4.69) is 0 Å². The largest absolute Gasteiger partial charge is 0.507 e. The molecule has 0 amide bonds. The highest BCUT2D eigenvalue weighted by atomic mass is 16.3. The average Bonchev–Trinajstić information content (AvgIpc) is 2.94. The molecule has 0 saturated carbocycles. The number of hydrogen-bond donors (Lipinski definition) is 1. The van der Waals surface area contributed by atoms with E-state index in [0.717, 1.165) is 38.6 Å². The van der Waals surface area contributed by atoms with Crippen LogP contribution in [0.4, 0.5) is 0 Å². The van der Waals surface area contributed by atoms with Crippen LogP contribution in [0.2, 0.25) is 0 Å². The highest BCUT2D eigenvalue weighted by molar-refractivity contribution is 5.99. The molecule has 166 valence electrons. The van der Waals surface area contributed by atoms with Crippen LogP contribution in [0, 0.1) is 0 Å². The van der Waals surface area contributed by atoms with Gasteiger partial charge in [0.2, 0.25) is 0 Å². The molecule has 0 bridgehead atoms. The number of phenols is 1. The maximum Gasteiger partial charge on any atom is 0.164 e. The third-order valence-electron chi connectivity index (χ3n) is 6.04. The number of aromatic nitrogens is 3. The van der Waals surface area contributed by atoms with Crippen LogP contribution in [0.1, 0.15) is 0 Å². The van der Waals surface area contributed by atoms with Gasteiger partial charge < -0.3 is 5.11 Å². The van der Waals surface area contributed by atoms with Gasteiger partial charge in [0.1, 0.15) is 5.75 Å². The maximum absolute atomic E-state index is 10.6. The molecule has 0 atom stereocenters. The lowest BCUT2D eigenvalue weighted by atomic mass is 9.96. The fourth-order valence-electron chi connectivity index (χ4n) is 4.29. The smallest absolute Gasteiger partial charge is 0.164 e. The molecule has 35 heavy (non-hydrogen) atoms. The second kappa shape index (κ2) is 8.84. The molecule has 0 radical (unpaired) electrons. The van der Waals surface area contributed by atoms with Crippen LogP contribution >= 0.6 is 0 Å². The van der Waals surface area contributed by atoms with Crippen LogP contribution < -0.4 is 0 Å². The zero-order valence-electron chi connectivity index (χ0n) is 18.8. The Morgan fingerprint density at radius 3 is 1.43 bits per heavy atom. The first-order chi connectivity index (χ1) is 17.3. The molecule has 1 N–H and O–H groups in total. The Morgan fingerprint density at radius 2 is 0.857 bits per heavy atom. The van der Waals surface area contributed by atoms with Crippen molar-refractivity contribution in [2.75, 3.05) is 0 Å². The summed E-state index contributed by atoms with van der Waals surface area (Å²) in [5.74, 6) is 2.12. The van der Waals surface area contributed by atoms with Gasteiger partial charge in [0.25, 0.3) is 0 Å². The minimum absolute atomic E-state index is 0.259. The van der Waals surface area contributed by atoms with Crippen molar-refractivity contribution < 1.29 is 5.11 Å². The molecule has 0 spiro atoms. The molecule has 0 aliphatic rings. The predicted molar refractivity (Wildman–Crippen MR) is 141 cm³/mol. The molecule has 0 unspecified atom stereocenters. The lowest BCUT2D eigenvalue weighted by molar-refractivity contribution is 0.478. The summed E-state index contributed by atoms with van der Waals surface area (Å²) in [6.45, 7) is 0. The van der Waals surface area contributed by atoms with Crippen LogP contribution in [0.25, 0.3) is 56.1 Å². The minimum atomic E-state index is 0.259. The van der Waals surface area contributed by atoms with E-state index in [0.29, 0.717) is 17.5 Å². The zero-order chi connectivity index (χ0) is 23.6. The first-order valence-corrected chi connectivity index (χ1v) is 11.4. The summed E-state index contributed by atoms with van der Waals surface area (Å²) >= 11 is 0. The Balaban J connectivity index is 1.47.